The first-order chi connectivity index (χ1) is 16.2. The fourth-order valence-electron chi connectivity index (χ4n) is 3.49. The van der Waals surface area contributed by atoms with Crippen LogP contribution in [0.2, 0.25) is 0 Å². The van der Waals surface area contributed by atoms with Crippen molar-refractivity contribution < 1.29 is 35.9 Å². The van der Waals surface area contributed by atoms with Gasteiger partial charge in [0, 0.05) is 23.1 Å². The molecule has 184 valence electrons. The summed E-state index contributed by atoms with van der Waals surface area (Å²) < 4.78 is 65.9. The number of para-hydroxylation sites is 1. The summed E-state index contributed by atoms with van der Waals surface area (Å²) in [4.78, 5) is 24.3. The van der Waals surface area contributed by atoms with Crippen molar-refractivity contribution >= 4 is 27.3 Å². The van der Waals surface area contributed by atoms with Gasteiger partial charge in [0.1, 0.15) is 5.75 Å². The summed E-state index contributed by atoms with van der Waals surface area (Å²) in [5, 5.41) is 2.65. The Morgan fingerprint density at radius 3 is 2.29 bits per heavy atom. The Morgan fingerprint density at radius 1 is 1.00 bits per heavy atom. The highest BCUT2D eigenvalue weighted by atomic mass is 32.2. The molecule has 0 aromatic heterocycles. The van der Waals surface area contributed by atoms with Crippen LogP contribution in [0.4, 0.5) is 18.9 Å². The molecule has 3 aromatic carbocycles. The number of hydrogen-bond acceptors (Lipinski definition) is 5. The van der Waals surface area contributed by atoms with Crippen LogP contribution < -0.4 is 15.8 Å². The molecule has 3 aromatic rings. The number of sulfone groups is 1. The molecule has 0 unspecified atom stereocenters. The molecule has 35 heavy (non-hydrogen) atoms. The first-order valence-electron chi connectivity index (χ1n) is 10.1. The summed E-state index contributed by atoms with van der Waals surface area (Å²) >= 11 is 0. The van der Waals surface area contributed by atoms with E-state index in [-0.39, 0.29) is 33.8 Å². The van der Waals surface area contributed by atoms with E-state index in [1.165, 1.54) is 36.4 Å². The number of ether oxygens (including phenoxy) is 1. The SMILES string of the molecule is Cc1cc(NC(=O)Cc2ccc(S(C)(=O)=O)cc2C(N)=O)ccc1-c1ccccc1OC(F)(F)F. The van der Waals surface area contributed by atoms with Crippen molar-refractivity contribution in [3.63, 3.8) is 0 Å². The lowest BCUT2D eigenvalue weighted by molar-refractivity contribution is -0.274. The third kappa shape index (κ3) is 6.60. The van der Waals surface area contributed by atoms with Crippen LogP contribution in [0.15, 0.2) is 65.6 Å². The van der Waals surface area contributed by atoms with Crippen LogP contribution >= 0.6 is 0 Å². The molecule has 0 fully saturated rings. The zero-order chi connectivity index (χ0) is 26.0. The van der Waals surface area contributed by atoms with Gasteiger partial charge in [-0.3, -0.25) is 9.59 Å². The van der Waals surface area contributed by atoms with Gasteiger partial charge in [-0.1, -0.05) is 30.3 Å². The second-order valence-electron chi connectivity index (χ2n) is 7.75. The van der Waals surface area contributed by atoms with Crippen LogP contribution in [0.3, 0.4) is 0 Å². The number of nitrogens with one attached hydrogen (secondary N) is 1. The molecule has 0 bridgehead atoms. The second-order valence-corrected chi connectivity index (χ2v) is 9.77. The van der Waals surface area contributed by atoms with Gasteiger partial charge in [-0.25, -0.2) is 8.42 Å². The zero-order valence-electron chi connectivity index (χ0n) is 18.6. The molecule has 0 atom stereocenters. The van der Waals surface area contributed by atoms with Gasteiger partial charge in [0.2, 0.25) is 11.8 Å². The third-order valence-corrected chi connectivity index (χ3v) is 6.15. The standard InChI is InChI=1S/C24H21F3N2O5S/c1-14-11-16(8-10-18(14)19-5-3-4-6-21(19)34-24(25,26)27)29-22(30)12-15-7-9-17(35(2,32)33)13-20(15)23(28)31/h3-11,13H,12H2,1-2H3,(H2,28,31)(H,29,30). The zero-order valence-corrected chi connectivity index (χ0v) is 19.5. The van der Waals surface area contributed by atoms with E-state index in [0.29, 0.717) is 16.8 Å². The van der Waals surface area contributed by atoms with Crippen LogP contribution in [0, 0.1) is 6.92 Å². The average Bonchev–Trinajstić information content (AvgIpc) is 2.72. The lowest BCUT2D eigenvalue weighted by Crippen LogP contribution is -2.20. The quantitative estimate of drug-likeness (QED) is 0.497. The minimum atomic E-state index is -4.85. The van der Waals surface area contributed by atoms with E-state index in [9.17, 15) is 31.2 Å². The number of nitrogens with two attached hydrogens (primary N) is 1. The van der Waals surface area contributed by atoms with Gasteiger partial charge < -0.3 is 15.8 Å². The number of halogens is 3. The lowest BCUT2D eigenvalue weighted by atomic mass is 9.99. The van der Waals surface area contributed by atoms with Crippen molar-refractivity contribution in [3.8, 4) is 16.9 Å². The molecule has 0 aliphatic heterocycles. The molecule has 0 aliphatic carbocycles. The number of alkyl halides is 3. The predicted octanol–water partition coefficient (Wildman–Crippen LogP) is 4.24. The van der Waals surface area contributed by atoms with Crippen molar-refractivity contribution in [2.24, 2.45) is 5.73 Å². The van der Waals surface area contributed by atoms with E-state index in [1.54, 1.807) is 25.1 Å². The third-order valence-electron chi connectivity index (χ3n) is 5.04. The summed E-state index contributed by atoms with van der Waals surface area (Å²) in [5.74, 6) is -1.73. The number of aryl methyl sites for hydroxylation is 1. The number of carbonyl (C=O) groups is 2. The molecule has 0 saturated heterocycles. The summed E-state index contributed by atoms with van der Waals surface area (Å²) in [5.41, 5.74) is 7.18. The Kier molecular flexibility index (Phi) is 7.20. The molecule has 3 N–H and O–H groups in total. The fourth-order valence-corrected chi connectivity index (χ4v) is 4.14. The van der Waals surface area contributed by atoms with Crippen LogP contribution in [0.1, 0.15) is 21.5 Å². The fraction of sp³-hybridized carbons (Fsp3) is 0.167. The maximum Gasteiger partial charge on any atom is 0.573 e. The second kappa shape index (κ2) is 9.79. The Bertz CT molecular complexity index is 1400. The van der Waals surface area contributed by atoms with Crippen molar-refractivity contribution in [1.82, 2.24) is 0 Å². The van der Waals surface area contributed by atoms with Crippen molar-refractivity contribution in [2.45, 2.75) is 24.6 Å². The van der Waals surface area contributed by atoms with Gasteiger partial charge in [0.25, 0.3) is 0 Å². The van der Waals surface area contributed by atoms with Gasteiger partial charge in [0.05, 0.1) is 11.3 Å². The van der Waals surface area contributed by atoms with Gasteiger partial charge in [-0.2, -0.15) is 0 Å². The molecule has 2 amide bonds. The maximum absolute atomic E-state index is 12.8. The van der Waals surface area contributed by atoms with E-state index >= 15 is 0 Å². The van der Waals surface area contributed by atoms with Crippen molar-refractivity contribution in [3.05, 3.63) is 77.4 Å². The molecule has 0 spiro atoms. The Morgan fingerprint density at radius 2 is 1.69 bits per heavy atom. The Labute approximate surface area is 199 Å². The number of hydrogen-bond donors (Lipinski definition) is 2. The largest absolute Gasteiger partial charge is 0.573 e. The molecule has 3 rings (SSSR count). The highest BCUT2D eigenvalue weighted by Gasteiger charge is 2.32. The number of benzene rings is 3. The molecule has 0 saturated carbocycles. The molecule has 0 radical (unpaired) electrons. The number of anilines is 1. The van der Waals surface area contributed by atoms with Crippen LogP contribution in [0.25, 0.3) is 11.1 Å². The van der Waals surface area contributed by atoms with E-state index in [2.05, 4.69) is 10.1 Å². The first-order valence-corrected chi connectivity index (χ1v) is 12.0. The highest BCUT2D eigenvalue weighted by Crippen LogP contribution is 2.36. The van der Waals surface area contributed by atoms with Crippen molar-refractivity contribution in [2.75, 3.05) is 11.6 Å². The van der Waals surface area contributed by atoms with E-state index in [1.807, 2.05) is 0 Å². The van der Waals surface area contributed by atoms with Gasteiger partial charge in [0.15, 0.2) is 9.84 Å². The first kappa shape index (κ1) is 25.8. The monoisotopic (exact) mass is 506 g/mol. The molecule has 7 nitrogen and oxygen atoms in total. The lowest BCUT2D eigenvalue weighted by Gasteiger charge is -2.15. The highest BCUT2D eigenvalue weighted by molar-refractivity contribution is 7.90. The smallest absolute Gasteiger partial charge is 0.405 e. The minimum absolute atomic E-state index is 0.0872. The molecular formula is C24H21F3N2O5S. The summed E-state index contributed by atoms with van der Waals surface area (Å²) in [7, 11) is -3.58. The number of primary amides is 1. The molecule has 0 aliphatic rings. The topological polar surface area (TPSA) is 116 Å². The Hall–Kier alpha value is -3.86. The van der Waals surface area contributed by atoms with Crippen LogP contribution in [0.5, 0.6) is 5.75 Å². The minimum Gasteiger partial charge on any atom is -0.405 e. The van der Waals surface area contributed by atoms with E-state index in [4.69, 9.17) is 5.73 Å². The molecular weight excluding hydrogens is 485 g/mol. The molecule has 11 heteroatoms. The number of amides is 2. The summed E-state index contributed by atoms with van der Waals surface area (Å²) in [6.07, 6.45) is -4.12. The normalized spacial score (nSPS) is 11.7. The average molecular weight is 507 g/mol. The van der Waals surface area contributed by atoms with Gasteiger partial charge in [-0.05, 0) is 53.9 Å². The van der Waals surface area contributed by atoms with Crippen LogP contribution in [-0.2, 0) is 21.1 Å². The summed E-state index contributed by atoms with van der Waals surface area (Å²) in [6.45, 7) is 1.67. The van der Waals surface area contributed by atoms with Gasteiger partial charge in [-0.15, -0.1) is 13.2 Å². The number of carbonyl (C=O) groups excluding carboxylic acids is 2. The number of rotatable bonds is 7. The van der Waals surface area contributed by atoms with Gasteiger partial charge >= 0.3 is 6.36 Å². The van der Waals surface area contributed by atoms with E-state index < -0.39 is 28.0 Å². The molecule has 0 heterocycles. The Balaban J connectivity index is 1.82. The maximum atomic E-state index is 12.8. The van der Waals surface area contributed by atoms with Crippen molar-refractivity contribution in [1.29, 1.82) is 0 Å². The summed E-state index contributed by atoms with van der Waals surface area (Å²) in [6, 6.07) is 14.1. The van der Waals surface area contributed by atoms with E-state index in [0.717, 1.165) is 12.3 Å². The van der Waals surface area contributed by atoms with Crippen LogP contribution in [-0.4, -0.2) is 32.9 Å². The predicted molar refractivity (Wildman–Crippen MR) is 124 cm³/mol.